The average Bonchev–Trinajstić information content (AvgIpc) is 2.75. The highest BCUT2D eigenvalue weighted by Gasteiger charge is 2.42. The van der Waals surface area contributed by atoms with Crippen molar-refractivity contribution in [2.24, 2.45) is 0 Å². The van der Waals surface area contributed by atoms with Gasteiger partial charge in [-0.3, -0.25) is 19.7 Å². The number of sulfonamides is 1. The maximum absolute atomic E-state index is 12.6. The number of nitrogens with zero attached hydrogens (tertiary/aromatic N) is 1. The van der Waals surface area contributed by atoms with Crippen LogP contribution in [0.15, 0.2) is 53.4 Å². The van der Waals surface area contributed by atoms with E-state index in [0.717, 1.165) is 9.87 Å². The highest BCUT2D eigenvalue weighted by Crippen LogP contribution is 2.36. The molecule has 9 heteroatoms. The molecule has 0 aromatic heterocycles. The third-order valence-electron chi connectivity index (χ3n) is 5.64. The highest BCUT2D eigenvalue weighted by atomic mass is 32.2. The molecule has 2 N–H and O–H groups in total. The molecule has 0 radical (unpaired) electrons. The van der Waals surface area contributed by atoms with Gasteiger partial charge in [0.25, 0.3) is 5.91 Å². The number of amides is 3. The molecule has 0 bridgehead atoms. The molecule has 1 aliphatic heterocycles. The van der Waals surface area contributed by atoms with Gasteiger partial charge in [-0.05, 0) is 48.7 Å². The van der Waals surface area contributed by atoms with Crippen molar-refractivity contribution < 1.29 is 22.8 Å². The smallest absolute Gasteiger partial charge is 0.255 e. The summed E-state index contributed by atoms with van der Waals surface area (Å²) in [7, 11) is -0.800. The fourth-order valence-corrected chi connectivity index (χ4v) is 4.60. The molecule has 3 amide bonds. The summed E-state index contributed by atoms with van der Waals surface area (Å²) in [6, 6.07) is 12.7. The first-order valence-corrected chi connectivity index (χ1v) is 11.3. The lowest BCUT2D eigenvalue weighted by Crippen LogP contribution is -2.51. The lowest BCUT2D eigenvalue weighted by atomic mass is 9.72. The van der Waals surface area contributed by atoms with Gasteiger partial charge >= 0.3 is 0 Å². The molecule has 164 valence electrons. The lowest BCUT2D eigenvalue weighted by Gasteiger charge is -2.35. The Balaban J connectivity index is 1.80. The number of rotatable bonds is 6. The third-order valence-corrected chi connectivity index (χ3v) is 7.45. The minimum atomic E-state index is -3.65. The number of anilines is 1. The van der Waals surface area contributed by atoms with Gasteiger partial charge in [0, 0.05) is 31.8 Å². The molecule has 0 aliphatic carbocycles. The van der Waals surface area contributed by atoms with Crippen LogP contribution in [-0.4, -0.2) is 44.5 Å². The van der Waals surface area contributed by atoms with E-state index in [9.17, 15) is 22.8 Å². The zero-order valence-electron chi connectivity index (χ0n) is 17.6. The molecular weight excluding hydrogens is 418 g/mol. The van der Waals surface area contributed by atoms with Crippen LogP contribution in [0.1, 0.15) is 42.1 Å². The van der Waals surface area contributed by atoms with Crippen molar-refractivity contribution in [2.45, 2.75) is 36.5 Å². The Labute approximate surface area is 181 Å². The van der Waals surface area contributed by atoms with E-state index in [4.69, 9.17) is 0 Å². The zero-order valence-corrected chi connectivity index (χ0v) is 18.5. The van der Waals surface area contributed by atoms with Crippen LogP contribution in [0.25, 0.3) is 0 Å². The first-order chi connectivity index (χ1) is 14.6. The van der Waals surface area contributed by atoms with Crippen molar-refractivity contribution in [3.8, 4) is 0 Å². The fourth-order valence-electron chi connectivity index (χ4n) is 3.65. The van der Waals surface area contributed by atoms with Crippen molar-refractivity contribution in [3.05, 3.63) is 59.7 Å². The van der Waals surface area contributed by atoms with Gasteiger partial charge in [-0.15, -0.1) is 0 Å². The van der Waals surface area contributed by atoms with Gasteiger partial charge in [0.2, 0.25) is 21.8 Å². The number of hydrogen-bond acceptors (Lipinski definition) is 5. The van der Waals surface area contributed by atoms with E-state index >= 15 is 0 Å². The van der Waals surface area contributed by atoms with Crippen molar-refractivity contribution in [3.63, 3.8) is 0 Å². The first kappa shape index (κ1) is 22.6. The number of piperidine rings is 1. The average molecular weight is 444 g/mol. The molecular formula is C22H25N3O5S. The van der Waals surface area contributed by atoms with Crippen LogP contribution < -0.4 is 10.6 Å². The summed E-state index contributed by atoms with van der Waals surface area (Å²) in [6.45, 7) is 1.90. The van der Waals surface area contributed by atoms with E-state index in [1.54, 1.807) is 24.3 Å². The van der Waals surface area contributed by atoms with Gasteiger partial charge in [0.15, 0.2) is 0 Å². The van der Waals surface area contributed by atoms with Crippen LogP contribution >= 0.6 is 0 Å². The van der Waals surface area contributed by atoms with Crippen LogP contribution in [0, 0.1) is 0 Å². The number of benzene rings is 2. The SMILES string of the molecule is CCC1(c2ccc(NC(=O)c3cccc(S(=O)(=O)N(C)C)c3)cc2)CCC(=O)NC1=O. The molecule has 2 aromatic rings. The van der Waals surface area contributed by atoms with Crippen LogP contribution in [0.4, 0.5) is 5.69 Å². The predicted molar refractivity (Wildman–Crippen MR) is 116 cm³/mol. The summed E-state index contributed by atoms with van der Waals surface area (Å²) in [5, 5.41) is 5.16. The van der Waals surface area contributed by atoms with Crippen LogP contribution in [-0.2, 0) is 25.0 Å². The molecule has 1 fully saturated rings. The molecule has 3 rings (SSSR count). The minimum Gasteiger partial charge on any atom is -0.322 e. The van der Waals surface area contributed by atoms with Gasteiger partial charge in [-0.25, -0.2) is 12.7 Å². The Morgan fingerprint density at radius 1 is 1.13 bits per heavy atom. The molecule has 31 heavy (non-hydrogen) atoms. The molecule has 8 nitrogen and oxygen atoms in total. The molecule has 1 unspecified atom stereocenters. The maximum atomic E-state index is 12.6. The van der Waals surface area contributed by atoms with Crippen LogP contribution in [0.5, 0.6) is 0 Å². The number of nitrogens with one attached hydrogen (secondary N) is 2. The molecule has 0 spiro atoms. The standard InChI is InChI=1S/C22H25N3O5S/c1-4-22(13-12-19(26)24-21(22)28)16-8-10-17(11-9-16)23-20(27)15-6-5-7-18(14-15)31(29,30)25(2)3/h5-11,14H,4,12-13H2,1-3H3,(H,23,27)(H,24,26,28). The van der Waals surface area contributed by atoms with E-state index in [2.05, 4.69) is 10.6 Å². The molecule has 1 saturated heterocycles. The highest BCUT2D eigenvalue weighted by molar-refractivity contribution is 7.89. The van der Waals surface area contributed by atoms with E-state index in [1.165, 1.54) is 38.4 Å². The molecule has 1 heterocycles. The topological polar surface area (TPSA) is 113 Å². The third kappa shape index (κ3) is 4.38. The Morgan fingerprint density at radius 3 is 2.39 bits per heavy atom. The second kappa shape index (κ2) is 8.60. The summed E-state index contributed by atoms with van der Waals surface area (Å²) < 4.78 is 25.7. The van der Waals surface area contributed by atoms with Crippen LogP contribution in [0.3, 0.4) is 0 Å². The van der Waals surface area contributed by atoms with Gasteiger partial charge < -0.3 is 5.32 Å². The first-order valence-electron chi connectivity index (χ1n) is 9.89. The van der Waals surface area contributed by atoms with Crippen molar-refractivity contribution in [2.75, 3.05) is 19.4 Å². The zero-order chi connectivity index (χ0) is 22.8. The monoisotopic (exact) mass is 443 g/mol. The summed E-state index contributed by atoms with van der Waals surface area (Å²) in [5.41, 5.74) is 0.720. The second-order valence-electron chi connectivity index (χ2n) is 7.66. The number of imide groups is 1. The fraction of sp³-hybridized carbons (Fsp3) is 0.318. The van der Waals surface area contributed by atoms with E-state index < -0.39 is 21.3 Å². The summed E-state index contributed by atoms with van der Waals surface area (Å²) in [5.74, 6) is -1.02. The summed E-state index contributed by atoms with van der Waals surface area (Å²) >= 11 is 0. The quantitative estimate of drug-likeness (QED) is 0.665. The maximum Gasteiger partial charge on any atom is 0.255 e. The number of carbonyl (C=O) groups is 3. The minimum absolute atomic E-state index is 0.0308. The van der Waals surface area contributed by atoms with E-state index in [-0.39, 0.29) is 28.7 Å². The van der Waals surface area contributed by atoms with Gasteiger partial charge in [0.05, 0.1) is 10.3 Å². The largest absolute Gasteiger partial charge is 0.322 e. The summed E-state index contributed by atoms with van der Waals surface area (Å²) in [4.78, 5) is 36.7. The van der Waals surface area contributed by atoms with Crippen LogP contribution in [0.2, 0.25) is 0 Å². The Morgan fingerprint density at radius 2 is 1.81 bits per heavy atom. The van der Waals surface area contributed by atoms with Gasteiger partial charge in [0.1, 0.15) is 0 Å². The number of hydrogen-bond donors (Lipinski definition) is 2. The molecule has 1 aliphatic rings. The number of carbonyl (C=O) groups excluding carboxylic acids is 3. The normalized spacial score (nSPS) is 19.2. The van der Waals surface area contributed by atoms with Crippen molar-refractivity contribution in [1.29, 1.82) is 0 Å². The second-order valence-corrected chi connectivity index (χ2v) is 9.81. The summed E-state index contributed by atoms with van der Waals surface area (Å²) in [6.07, 6.45) is 1.27. The predicted octanol–water partition coefficient (Wildman–Crippen LogP) is 2.27. The van der Waals surface area contributed by atoms with Gasteiger partial charge in [-0.2, -0.15) is 0 Å². The van der Waals surface area contributed by atoms with E-state index in [1.807, 2.05) is 6.92 Å². The van der Waals surface area contributed by atoms with Crippen molar-refractivity contribution in [1.82, 2.24) is 9.62 Å². The molecule has 0 saturated carbocycles. The van der Waals surface area contributed by atoms with Gasteiger partial charge in [-0.1, -0.05) is 25.1 Å². The molecule has 2 aromatic carbocycles. The Hall–Kier alpha value is -3.04. The van der Waals surface area contributed by atoms with Crippen molar-refractivity contribution >= 4 is 33.4 Å². The molecule has 1 atom stereocenters. The Bertz CT molecular complexity index is 1130. The lowest BCUT2D eigenvalue weighted by molar-refractivity contribution is -0.138. The van der Waals surface area contributed by atoms with E-state index in [0.29, 0.717) is 18.5 Å². The Kier molecular flexibility index (Phi) is 6.28.